The predicted molar refractivity (Wildman–Crippen MR) is 62.0 cm³/mol. The van der Waals surface area contributed by atoms with Gasteiger partial charge in [0.25, 0.3) is 0 Å². The molecule has 0 aromatic heterocycles. The molecular formula is C12H24O4. The molecule has 0 aliphatic heterocycles. The van der Waals surface area contributed by atoms with E-state index in [1.165, 1.54) is 0 Å². The molecule has 1 unspecified atom stereocenters. The second kappa shape index (κ2) is 5.64. The average molecular weight is 232 g/mol. The van der Waals surface area contributed by atoms with E-state index in [4.69, 9.17) is 9.78 Å². The first-order valence-corrected chi connectivity index (χ1v) is 5.77. The molecule has 0 radical (unpaired) electrons. The van der Waals surface area contributed by atoms with E-state index < -0.39 is 17.2 Å². The molecule has 16 heavy (non-hydrogen) atoms. The summed E-state index contributed by atoms with van der Waals surface area (Å²) >= 11 is 0. The van der Waals surface area contributed by atoms with Gasteiger partial charge in [0.1, 0.15) is 0 Å². The number of carboxylic acids is 1. The molecule has 0 rings (SSSR count). The van der Waals surface area contributed by atoms with Gasteiger partial charge in [-0.2, -0.15) is 0 Å². The number of hydrogen-bond donors (Lipinski definition) is 1. The van der Waals surface area contributed by atoms with Crippen LogP contribution < -0.4 is 0 Å². The Bertz CT molecular complexity index is 228. The zero-order chi connectivity index (χ0) is 13.0. The van der Waals surface area contributed by atoms with Crippen LogP contribution in [0.25, 0.3) is 0 Å². The Morgan fingerprint density at radius 2 is 1.56 bits per heavy atom. The summed E-state index contributed by atoms with van der Waals surface area (Å²) in [5.74, 6) is -1.04. The number of hydrogen-bond acceptors (Lipinski definition) is 3. The molecule has 0 saturated heterocycles. The van der Waals surface area contributed by atoms with Crippen molar-refractivity contribution >= 4 is 5.97 Å². The molecule has 0 aliphatic carbocycles. The minimum absolute atomic E-state index is 0.0626. The highest BCUT2D eigenvalue weighted by Crippen LogP contribution is 2.30. The molecule has 4 nitrogen and oxygen atoms in total. The molecule has 0 aromatic rings. The predicted octanol–water partition coefficient (Wildman–Crippen LogP) is 3.01. The highest BCUT2D eigenvalue weighted by Gasteiger charge is 2.43. The van der Waals surface area contributed by atoms with E-state index >= 15 is 0 Å². The van der Waals surface area contributed by atoms with Crippen LogP contribution >= 0.6 is 0 Å². The van der Waals surface area contributed by atoms with E-state index in [-0.39, 0.29) is 5.92 Å². The average Bonchev–Trinajstić information content (AvgIpc) is 2.15. The van der Waals surface area contributed by atoms with Gasteiger partial charge in [0.05, 0.1) is 5.60 Å². The monoisotopic (exact) mass is 232 g/mol. The van der Waals surface area contributed by atoms with Crippen LogP contribution in [0.15, 0.2) is 0 Å². The zero-order valence-electron chi connectivity index (χ0n) is 11.2. The van der Waals surface area contributed by atoms with Crippen molar-refractivity contribution in [3.8, 4) is 0 Å². The molecule has 0 aromatic carbocycles. The molecule has 0 fully saturated rings. The van der Waals surface area contributed by atoms with Crippen molar-refractivity contribution in [2.75, 3.05) is 0 Å². The Morgan fingerprint density at radius 3 is 1.81 bits per heavy atom. The highest BCUT2D eigenvalue weighted by atomic mass is 17.2. The van der Waals surface area contributed by atoms with E-state index in [0.29, 0.717) is 0 Å². The standard InChI is InChI=1S/C12H24O4/c1-7-9(8-2)12(6,10(13)14)16-15-11(3,4)5/h9H,7-8H2,1-6H3,(H,13,14). The van der Waals surface area contributed by atoms with Crippen molar-refractivity contribution in [3.05, 3.63) is 0 Å². The van der Waals surface area contributed by atoms with Crippen molar-refractivity contribution in [3.63, 3.8) is 0 Å². The maximum atomic E-state index is 11.3. The van der Waals surface area contributed by atoms with Gasteiger partial charge in [0, 0.05) is 5.92 Å². The minimum Gasteiger partial charge on any atom is -0.479 e. The smallest absolute Gasteiger partial charge is 0.339 e. The largest absolute Gasteiger partial charge is 0.479 e. The van der Waals surface area contributed by atoms with Crippen LogP contribution in [0.3, 0.4) is 0 Å². The SMILES string of the molecule is CCC(CC)C(C)(OOC(C)(C)C)C(=O)O. The fourth-order valence-corrected chi connectivity index (χ4v) is 1.56. The Hall–Kier alpha value is -0.610. The molecule has 1 N–H and O–H groups in total. The second-order valence-electron chi connectivity index (χ2n) is 5.20. The lowest BCUT2D eigenvalue weighted by molar-refractivity contribution is -0.402. The molecule has 0 amide bonds. The van der Waals surface area contributed by atoms with Gasteiger partial charge in [-0.05, 0) is 40.5 Å². The van der Waals surface area contributed by atoms with Gasteiger partial charge in [-0.1, -0.05) is 13.8 Å². The fraction of sp³-hybridized carbons (Fsp3) is 0.917. The third kappa shape index (κ3) is 4.10. The summed E-state index contributed by atoms with van der Waals surface area (Å²) in [5.41, 5.74) is -1.79. The Morgan fingerprint density at radius 1 is 1.12 bits per heavy atom. The van der Waals surface area contributed by atoms with Crippen molar-refractivity contribution in [1.82, 2.24) is 0 Å². The first-order valence-electron chi connectivity index (χ1n) is 5.77. The van der Waals surface area contributed by atoms with Gasteiger partial charge >= 0.3 is 5.97 Å². The third-order valence-electron chi connectivity index (χ3n) is 2.65. The van der Waals surface area contributed by atoms with Gasteiger partial charge < -0.3 is 5.11 Å². The second-order valence-corrected chi connectivity index (χ2v) is 5.20. The fourth-order valence-electron chi connectivity index (χ4n) is 1.56. The van der Waals surface area contributed by atoms with Crippen LogP contribution in [0.2, 0.25) is 0 Å². The summed E-state index contributed by atoms with van der Waals surface area (Å²) in [5, 5.41) is 9.26. The Balaban J connectivity index is 4.76. The van der Waals surface area contributed by atoms with Crippen LogP contribution in [-0.2, 0) is 14.6 Å². The molecule has 1 atom stereocenters. The first-order chi connectivity index (χ1) is 7.17. The van der Waals surface area contributed by atoms with E-state index in [1.54, 1.807) is 6.92 Å². The summed E-state index contributed by atoms with van der Waals surface area (Å²) < 4.78 is 0. The normalized spacial score (nSPS) is 16.2. The molecule has 4 heteroatoms. The summed E-state index contributed by atoms with van der Waals surface area (Å²) in [6, 6.07) is 0. The van der Waals surface area contributed by atoms with Gasteiger partial charge in [0.15, 0.2) is 5.60 Å². The highest BCUT2D eigenvalue weighted by molar-refractivity contribution is 5.77. The van der Waals surface area contributed by atoms with Crippen LogP contribution in [-0.4, -0.2) is 22.3 Å². The molecule has 0 spiro atoms. The lowest BCUT2D eigenvalue weighted by atomic mass is 9.85. The maximum Gasteiger partial charge on any atom is 0.339 e. The topological polar surface area (TPSA) is 55.8 Å². The molecule has 0 heterocycles. The zero-order valence-corrected chi connectivity index (χ0v) is 11.2. The van der Waals surface area contributed by atoms with Crippen molar-refractivity contribution in [2.24, 2.45) is 5.92 Å². The van der Waals surface area contributed by atoms with Crippen molar-refractivity contribution in [1.29, 1.82) is 0 Å². The van der Waals surface area contributed by atoms with E-state index in [9.17, 15) is 9.90 Å². The number of carboxylic acid groups (broad SMARTS) is 1. The minimum atomic E-state index is -1.28. The quantitative estimate of drug-likeness (QED) is 0.565. The number of carbonyl (C=O) groups is 1. The lowest BCUT2D eigenvalue weighted by Gasteiger charge is -2.33. The summed E-state index contributed by atoms with van der Waals surface area (Å²) in [4.78, 5) is 21.7. The molecule has 0 saturated carbocycles. The van der Waals surface area contributed by atoms with Gasteiger partial charge in [-0.15, -0.1) is 0 Å². The van der Waals surface area contributed by atoms with Gasteiger partial charge in [0.2, 0.25) is 0 Å². The molecule has 0 bridgehead atoms. The third-order valence-corrected chi connectivity index (χ3v) is 2.65. The van der Waals surface area contributed by atoms with Gasteiger partial charge in [-0.25, -0.2) is 14.6 Å². The van der Waals surface area contributed by atoms with Crippen molar-refractivity contribution in [2.45, 2.75) is 65.6 Å². The summed E-state index contributed by atoms with van der Waals surface area (Å²) in [6.45, 7) is 10.9. The number of rotatable bonds is 6. The molecule has 0 aliphatic rings. The maximum absolute atomic E-state index is 11.3. The van der Waals surface area contributed by atoms with E-state index in [1.807, 2.05) is 34.6 Å². The van der Waals surface area contributed by atoms with E-state index in [0.717, 1.165) is 12.8 Å². The lowest BCUT2D eigenvalue weighted by Crippen LogP contribution is -2.46. The van der Waals surface area contributed by atoms with Crippen LogP contribution in [0.4, 0.5) is 0 Å². The Labute approximate surface area is 97.9 Å². The van der Waals surface area contributed by atoms with Crippen LogP contribution in [0.1, 0.15) is 54.4 Å². The van der Waals surface area contributed by atoms with Crippen LogP contribution in [0, 0.1) is 5.92 Å². The first kappa shape index (κ1) is 15.4. The molecule has 96 valence electrons. The summed E-state index contributed by atoms with van der Waals surface area (Å²) in [7, 11) is 0. The Kier molecular flexibility index (Phi) is 5.42. The molecular weight excluding hydrogens is 208 g/mol. The number of aliphatic carboxylic acids is 1. The van der Waals surface area contributed by atoms with Gasteiger partial charge in [-0.3, -0.25) is 0 Å². The van der Waals surface area contributed by atoms with Crippen molar-refractivity contribution < 1.29 is 19.7 Å². The van der Waals surface area contributed by atoms with Crippen LogP contribution in [0.5, 0.6) is 0 Å². The van der Waals surface area contributed by atoms with E-state index in [2.05, 4.69) is 0 Å². The summed E-state index contributed by atoms with van der Waals surface area (Å²) in [6.07, 6.45) is 1.49.